The molecule has 1 aliphatic heterocycles. The topological polar surface area (TPSA) is 29.5 Å². The van der Waals surface area contributed by atoms with Crippen LogP contribution in [0.3, 0.4) is 0 Å². The minimum Gasteiger partial charge on any atom is -0.393 e. The first-order valence-electron chi connectivity index (χ1n) is 14.1. The minimum absolute atomic E-state index is 0.114. The van der Waals surface area contributed by atoms with Gasteiger partial charge in [0.25, 0.3) is 0 Å². The Balaban J connectivity index is 1.40. The second-order valence-electron chi connectivity index (χ2n) is 15.8. The minimum atomic E-state index is -0.114. The van der Waals surface area contributed by atoms with Crippen LogP contribution in [0.5, 0.6) is 0 Å². The number of aliphatic hydroxyl groups excluding tert-OH is 1. The van der Waals surface area contributed by atoms with E-state index < -0.39 is 0 Å². The molecule has 182 valence electrons. The fourth-order valence-corrected chi connectivity index (χ4v) is 12.2. The summed E-state index contributed by atoms with van der Waals surface area (Å²) in [4.78, 5) is 0. The highest BCUT2D eigenvalue weighted by atomic mass is 16.5. The Kier molecular flexibility index (Phi) is 4.46. The van der Waals surface area contributed by atoms with Gasteiger partial charge in [0.15, 0.2) is 0 Å². The molecule has 0 aromatic heterocycles. The van der Waals surface area contributed by atoms with Gasteiger partial charge in [-0.15, -0.1) is 0 Å². The summed E-state index contributed by atoms with van der Waals surface area (Å²) in [5, 5.41) is 11.0. The first kappa shape index (κ1) is 22.4. The third kappa shape index (κ3) is 2.51. The molecule has 32 heavy (non-hydrogen) atoms. The molecular formula is C30H50O2. The molecule has 5 aliphatic carbocycles. The summed E-state index contributed by atoms with van der Waals surface area (Å²) < 4.78 is 6.71. The number of aliphatic hydroxyl groups is 1. The Bertz CT molecular complexity index is 801. The Morgan fingerprint density at radius 1 is 0.688 bits per heavy atom. The van der Waals surface area contributed by atoms with Crippen LogP contribution < -0.4 is 0 Å². The maximum atomic E-state index is 11.0. The summed E-state index contributed by atoms with van der Waals surface area (Å²) >= 11 is 0. The van der Waals surface area contributed by atoms with E-state index in [2.05, 4.69) is 48.5 Å². The average Bonchev–Trinajstić information content (AvgIpc) is 3.00. The number of rotatable bonds is 0. The van der Waals surface area contributed by atoms with Gasteiger partial charge in [-0.1, -0.05) is 48.5 Å². The highest BCUT2D eigenvalue weighted by Gasteiger charge is 2.72. The van der Waals surface area contributed by atoms with Crippen LogP contribution in [0.1, 0.15) is 113 Å². The Morgan fingerprint density at radius 2 is 1.41 bits per heavy atom. The molecule has 6 fully saturated rings. The Labute approximate surface area is 197 Å². The lowest BCUT2D eigenvalue weighted by molar-refractivity contribution is -0.250. The molecule has 5 saturated carbocycles. The average molecular weight is 443 g/mol. The van der Waals surface area contributed by atoms with E-state index in [1.165, 1.54) is 51.4 Å². The molecule has 6 rings (SSSR count). The largest absolute Gasteiger partial charge is 0.393 e. The Hall–Kier alpha value is -0.0800. The summed E-state index contributed by atoms with van der Waals surface area (Å²) in [5.74, 6) is 3.13. The third-order valence-electron chi connectivity index (χ3n) is 13.8. The van der Waals surface area contributed by atoms with Crippen LogP contribution in [-0.2, 0) is 4.74 Å². The summed E-state index contributed by atoms with van der Waals surface area (Å²) in [6, 6.07) is 0. The second kappa shape index (κ2) is 6.37. The van der Waals surface area contributed by atoms with Gasteiger partial charge in [-0.05, 0) is 120 Å². The molecule has 0 aromatic carbocycles. The van der Waals surface area contributed by atoms with E-state index in [1.807, 2.05) is 0 Å². The van der Waals surface area contributed by atoms with Gasteiger partial charge >= 0.3 is 0 Å². The van der Waals surface area contributed by atoms with Crippen molar-refractivity contribution in [2.75, 3.05) is 6.61 Å². The van der Waals surface area contributed by atoms with E-state index >= 15 is 0 Å². The maximum absolute atomic E-state index is 11.0. The van der Waals surface area contributed by atoms with Gasteiger partial charge in [-0.25, -0.2) is 0 Å². The lowest BCUT2D eigenvalue weighted by atomic mass is 9.31. The van der Waals surface area contributed by atoms with Crippen molar-refractivity contribution in [1.29, 1.82) is 0 Å². The molecule has 1 heterocycles. The van der Waals surface area contributed by atoms with E-state index in [-0.39, 0.29) is 11.5 Å². The summed E-state index contributed by atoms with van der Waals surface area (Å²) in [5.41, 5.74) is 2.20. The van der Waals surface area contributed by atoms with Crippen molar-refractivity contribution in [1.82, 2.24) is 0 Å². The van der Waals surface area contributed by atoms with Crippen LogP contribution in [0.2, 0.25) is 0 Å². The van der Waals surface area contributed by atoms with Crippen molar-refractivity contribution >= 4 is 0 Å². The molecule has 10 atom stereocenters. The van der Waals surface area contributed by atoms with Gasteiger partial charge in [-0.3, -0.25) is 0 Å². The second-order valence-corrected chi connectivity index (χ2v) is 15.8. The predicted molar refractivity (Wildman–Crippen MR) is 130 cm³/mol. The first-order chi connectivity index (χ1) is 14.8. The number of hydrogen-bond acceptors (Lipinski definition) is 2. The van der Waals surface area contributed by atoms with E-state index in [1.54, 1.807) is 0 Å². The van der Waals surface area contributed by atoms with Crippen LogP contribution in [0.4, 0.5) is 0 Å². The van der Waals surface area contributed by atoms with Crippen molar-refractivity contribution in [3.63, 3.8) is 0 Å². The van der Waals surface area contributed by atoms with Crippen molar-refractivity contribution in [2.45, 2.75) is 125 Å². The molecule has 2 nitrogen and oxygen atoms in total. The van der Waals surface area contributed by atoms with Crippen molar-refractivity contribution < 1.29 is 9.84 Å². The van der Waals surface area contributed by atoms with Gasteiger partial charge < -0.3 is 9.84 Å². The molecule has 0 radical (unpaired) electrons. The van der Waals surface area contributed by atoms with Crippen LogP contribution in [0.15, 0.2) is 0 Å². The molecule has 1 N–H and O–H groups in total. The zero-order chi connectivity index (χ0) is 22.9. The number of fused-ring (bicyclic) bond motifs is 5. The normalized spacial score (nSPS) is 60.0. The monoisotopic (exact) mass is 442 g/mol. The third-order valence-corrected chi connectivity index (χ3v) is 13.8. The molecule has 2 heteroatoms. The van der Waals surface area contributed by atoms with Crippen LogP contribution in [0.25, 0.3) is 0 Å². The number of hydrogen-bond donors (Lipinski definition) is 1. The van der Waals surface area contributed by atoms with Crippen molar-refractivity contribution in [3.8, 4) is 0 Å². The summed E-state index contributed by atoms with van der Waals surface area (Å²) in [6.07, 6.45) is 13.5. The van der Waals surface area contributed by atoms with Gasteiger partial charge in [0.1, 0.15) is 0 Å². The van der Waals surface area contributed by atoms with Gasteiger partial charge in [0.2, 0.25) is 0 Å². The van der Waals surface area contributed by atoms with E-state index in [4.69, 9.17) is 4.74 Å². The van der Waals surface area contributed by atoms with Gasteiger partial charge in [0, 0.05) is 0 Å². The van der Waals surface area contributed by atoms with Crippen LogP contribution in [-0.4, -0.2) is 23.9 Å². The standard InChI is InChI=1S/C30H50O2/c1-25(2)12-14-30-15-13-28(6)20(23(30)24(25)32-18-30)8-9-22-27(5)17-19(31)16-26(3,4)21(27)10-11-29(22,28)7/h19-24,31H,8-18H2,1-7H3/t19?,20-,21?,22-,23+,24-,27+,28-,29-,30-/m1/s1. The quantitative estimate of drug-likeness (QED) is 0.428. The highest BCUT2D eigenvalue weighted by molar-refractivity contribution is 5.21. The maximum Gasteiger partial charge on any atom is 0.0663 e. The molecule has 0 spiro atoms. The zero-order valence-electron chi connectivity index (χ0n) is 22.1. The SMILES string of the molecule is CC1(C)CC(O)C[C@@]2(C)C1CC[C@]1(C)[C@@H]2CC[C@@H]2[C@H]3[C@H]4OC[C@@]3(CCC4(C)C)CC[C@]21C. The molecule has 0 amide bonds. The lowest BCUT2D eigenvalue weighted by Gasteiger charge is -2.73. The smallest absolute Gasteiger partial charge is 0.0663 e. The van der Waals surface area contributed by atoms with E-state index in [0.29, 0.717) is 33.2 Å². The predicted octanol–water partition coefficient (Wildman–Crippen LogP) is 7.24. The van der Waals surface area contributed by atoms with Crippen LogP contribution in [0, 0.1) is 56.2 Å². The summed E-state index contributed by atoms with van der Waals surface area (Å²) in [6.45, 7) is 19.0. The van der Waals surface area contributed by atoms with Gasteiger partial charge in [0.05, 0.1) is 18.8 Å². The highest BCUT2D eigenvalue weighted by Crippen LogP contribution is 2.78. The zero-order valence-corrected chi connectivity index (χ0v) is 22.1. The number of ether oxygens (including phenoxy) is 1. The van der Waals surface area contributed by atoms with Crippen molar-refractivity contribution in [2.24, 2.45) is 56.2 Å². The lowest BCUT2D eigenvalue weighted by Crippen LogP contribution is -2.67. The molecular weight excluding hydrogens is 392 g/mol. The molecule has 0 aromatic rings. The molecule has 2 bridgehead atoms. The van der Waals surface area contributed by atoms with Crippen LogP contribution >= 0.6 is 0 Å². The van der Waals surface area contributed by atoms with Gasteiger partial charge in [-0.2, -0.15) is 0 Å². The van der Waals surface area contributed by atoms with E-state index in [0.717, 1.165) is 43.1 Å². The summed E-state index contributed by atoms with van der Waals surface area (Å²) in [7, 11) is 0. The molecule has 1 saturated heterocycles. The fraction of sp³-hybridized carbons (Fsp3) is 1.00. The Morgan fingerprint density at radius 3 is 2.16 bits per heavy atom. The van der Waals surface area contributed by atoms with Crippen molar-refractivity contribution in [3.05, 3.63) is 0 Å². The first-order valence-corrected chi connectivity index (χ1v) is 14.1. The molecule has 6 aliphatic rings. The molecule has 2 unspecified atom stereocenters. The van der Waals surface area contributed by atoms with E-state index in [9.17, 15) is 5.11 Å². The fourth-order valence-electron chi connectivity index (χ4n) is 12.2.